The number of carbonyl (C=O) groups is 1. The fraction of sp³-hybridized carbons (Fsp3) is 0.417. The number of hydrogen-bond acceptors (Lipinski definition) is 5. The lowest BCUT2D eigenvalue weighted by atomic mass is 10.0. The van der Waals surface area contributed by atoms with Gasteiger partial charge in [0, 0.05) is 12.1 Å². The van der Waals surface area contributed by atoms with E-state index in [-0.39, 0.29) is 12.6 Å². The largest absolute Gasteiger partial charge is 0.496 e. The predicted octanol–water partition coefficient (Wildman–Crippen LogP) is 1.49. The summed E-state index contributed by atoms with van der Waals surface area (Å²) >= 11 is 0. The van der Waals surface area contributed by atoms with Crippen molar-refractivity contribution in [1.82, 2.24) is 5.32 Å². The van der Waals surface area contributed by atoms with Crippen molar-refractivity contribution >= 4 is 6.09 Å². The third kappa shape index (κ3) is 2.13. The van der Waals surface area contributed by atoms with E-state index in [1.165, 1.54) is 0 Å². The Morgan fingerprint density at radius 1 is 1.17 bits per heavy atom. The maximum Gasteiger partial charge on any atom is 0.407 e. The number of ether oxygens (including phenoxy) is 4. The van der Waals surface area contributed by atoms with Crippen LogP contribution in [0.2, 0.25) is 0 Å². The molecule has 0 aromatic heterocycles. The molecule has 0 aliphatic carbocycles. The lowest BCUT2D eigenvalue weighted by Gasteiger charge is -2.18. The van der Waals surface area contributed by atoms with E-state index in [2.05, 4.69) is 5.32 Å². The third-order valence-electron chi connectivity index (χ3n) is 2.77. The first-order chi connectivity index (χ1) is 8.69. The van der Waals surface area contributed by atoms with Crippen LogP contribution < -0.4 is 19.5 Å². The molecule has 0 spiro atoms. The van der Waals surface area contributed by atoms with Gasteiger partial charge in [0.2, 0.25) is 0 Å². The number of alkyl carbamates (subject to hydrolysis) is 1. The van der Waals surface area contributed by atoms with Crippen LogP contribution in [0.15, 0.2) is 12.1 Å². The van der Waals surface area contributed by atoms with Crippen LogP contribution in [0.4, 0.5) is 4.79 Å². The Hall–Kier alpha value is -2.11. The van der Waals surface area contributed by atoms with E-state index in [1.54, 1.807) is 33.5 Å². The summed E-state index contributed by atoms with van der Waals surface area (Å²) in [5.74, 6) is 1.79. The molecule has 1 saturated heterocycles. The molecule has 6 nitrogen and oxygen atoms in total. The molecule has 1 aromatic rings. The van der Waals surface area contributed by atoms with Crippen molar-refractivity contribution in [1.29, 1.82) is 0 Å². The summed E-state index contributed by atoms with van der Waals surface area (Å²) in [5.41, 5.74) is 0.742. The first-order valence-corrected chi connectivity index (χ1v) is 5.42. The fourth-order valence-corrected chi connectivity index (χ4v) is 1.92. The highest BCUT2D eigenvalue weighted by Crippen LogP contribution is 2.39. The second-order valence-electron chi connectivity index (χ2n) is 3.74. The van der Waals surface area contributed by atoms with Crippen molar-refractivity contribution in [2.75, 3.05) is 27.9 Å². The minimum Gasteiger partial charge on any atom is -0.496 e. The molecule has 1 heterocycles. The van der Waals surface area contributed by atoms with Gasteiger partial charge in [-0.1, -0.05) is 0 Å². The van der Waals surface area contributed by atoms with Crippen molar-refractivity contribution in [3.05, 3.63) is 17.7 Å². The highest BCUT2D eigenvalue weighted by atomic mass is 16.6. The zero-order valence-corrected chi connectivity index (χ0v) is 10.5. The topological polar surface area (TPSA) is 66.0 Å². The van der Waals surface area contributed by atoms with Gasteiger partial charge in [-0.05, 0) is 0 Å². The summed E-state index contributed by atoms with van der Waals surface area (Å²) in [5, 5.41) is 2.70. The Balaban J connectivity index is 2.46. The normalized spacial score (nSPS) is 17.9. The maximum atomic E-state index is 11.1. The van der Waals surface area contributed by atoms with E-state index in [4.69, 9.17) is 18.9 Å². The van der Waals surface area contributed by atoms with Crippen LogP contribution in [-0.4, -0.2) is 34.0 Å². The zero-order chi connectivity index (χ0) is 13.1. The standard InChI is InChI=1S/C12H15NO5/c1-15-7-4-9(16-2)11(10(5-7)17-3)8-6-18-12(14)13-8/h4-5,8H,6H2,1-3H3,(H,13,14)/t8-/m1/s1. The van der Waals surface area contributed by atoms with Gasteiger partial charge < -0.3 is 24.3 Å². The van der Waals surface area contributed by atoms with E-state index in [1.807, 2.05) is 0 Å². The van der Waals surface area contributed by atoms with Crippen LogP contribution >= 0.6 is 0 Å². The van der Waals surface area contributed by atoms with E-state index in [0.29, 0.717) is 17.2 Å². The minimum absolute atomic E-state index is 0.248. The number of amides is 1. The Bertz CT molecular complexity index is 435. The number of benzene rings is 1. The second-order valence-corrected chi connectivity index (χ2v) is 3.74. The molecule has 1 atom stereocenters. The number of carbonyl (C=O) groups excluding carboxylic acids is 1. The van der Waals surface area contributed by atoms with Gasteiger partial charge in [0.15, 0.2) is 0 Å². The molecule has 1 amide bonds. The maximum absolute atomic E-state index is 11.1. The first kappa shape index (κ1) is 12.3. The van der Waals surface area contributed by atoms with Gasteiger partial charge in [-0.25, -0.2) is 4.79 Å². The SMILES string of the molecule is COc1cc(OC)c([C@H]2COC(=O)N2)c(OC)c1. The lowest BCUT2D eigenvalue weighted by molar-refractivity contribution is 0.176. The number of rotatable bonds is 4. The average molecular weight is 253 g/mol. The molecule has 1 fully saturated rings. The Morgan fingerprint density at radius 2 is 1.78 bits per heavy atom. The van der Waals surface area contributed by atoms with Gasteiger partial charge in [-0.15, -0.1) is 0 Å². The number of hydrogen-bond donors (Lipinski definition) is 1. The molecule has 1 aliphatic rings. The number of nitrogens with one attached hydrogen (secondary N) is 1. The van der Waals surface area contributed by atoms with Crippen molar-refractivity contribution in [2.45, 2.75) is 6.04 Å². The Labute approximate surface area is 105 Å². The summed E-state index contributed by atoms with van der Waals surface area (Å²) < 4.78 is 20.7. The molecule has 18 heavy (non-hydrogen) atoms. The minimum atomic E-state index is -0.445. The second kappa shape index (κ2) is 5.03. The van der Waals surface area contributed by atoms with Crippen LogP contribution in [0.3, 0.4) is 0 Å². The molecule has 1 N–H and O–H groups in total. The molecule has 1 aliphatic heterocycles. The Morgan fingerprint density at radius 3 is 2.17 bits per heavy atom. The highest BCUT2D eigenvalue weighted by molar-refractivity contribution is 5.71. The molecule has 0 radical (unpaired) electrons. The van der Waals surface area contributed by atoms with E-state index >= 15 is 0 Å². The molecule has 0 bridgehead atoms. The van der Waals surface area contributed by atoms with E-state index < -0.39 is 6.09 Å². The molecule has 2 rings (SSSR count). The van der Waals surface area contributed by atoms with E-state index in [9.17, 15) is 4.79 Å². The van der Waals surface area contributed by atoms with Gasteiger partial charge in [0.05, 0.1) is 32.9 Å². The number of methoxy groups -OCH3 is 3. The summed E-state index contributed by atoms with van der Waals surface area (Å²) in [4.78, 5) is 11.1. The van der Waals surface area contributed by atoms with Gasteiger partial charge in [-0.2, -0.15) is 0 Å². The van der Waals surface area contributed by atoms with Crippen molar-refractivity contribution < 1.29 is 23.7 Å². The summed E-state index contributed by atoms with van der Waals surface area (Å²) in [7, 11) is 4.67. The Kier molecular flexibility index (Phi) is 3.45. The van der Waals surface area contributed by atoms with Crippen LogP contribution in [0, 0.1) is 0 Å². The highest BCUT2D eigenvalue weighted by Gasteiger charge is 2.30. The van der Waals surface area contributed by atoms with Crippen LogP contribution in [0.5, 0.6) is 17.2 Å². The van der Waals surface area contributed by atoms with Crippen molar-refractivity contribution in [2.24, 2.45) is 0 Å². The molecule has 1 aromatic carbocycles. The van der Waals surface area contributed by atoms with Crippen LogP contribution in [-0.2, 0) is 4.74 Å². The quantitative estimate of drug-likeness (QED) is 0.880. The molecular formula is C12H15NO5. The zero-order valence-electron chi connectivity index (χ0n) is 10.5. The number of cyclic esters (lactones) is 1. The van der Waals surface area contributed by atoms with Crippen LogP contribution in [0.1, 0.15) is 11.6 Å². The van der Waals surface area contributed by atoms with Gasteiger partial charge >= 0.3 is 6.09 Å². The first-order valence-electron chi connectivity index (χ1n) is 5.42. The van der Waals surface area contributed by atoms with Gasteiger partial charge in [0.25, 0.3) is 0 Å². The molecule has 0 saturated carbocycles. The summed E-state index contributed by atoms with van der Waals surface area (Å²) in [6.45, 7) is 0.248. The predicted molar refractivity (Wildman–Crippen MR) is 63.3 cm³/mol. The smallest absolute Gasteiger partial charge is 0.407 e. The monoisotopic (exact) mass is 253 g/mol. The molecule has 98 valence electrons. The summed E-state index contributed by atoms with van der Waals surface area (Å²) in [6, 6.07) is 3.19. The van der Waals surface area contributed by atoms with Crippen molar-refractivity contribution in [3.63, 3.8) is 0 Å². The van der Waals surface area contributed by atoms with Gasteiger partial charge in [-0.3, -0.25) is 0 Å². The van der Waals surface area contributed by atoms with E-state index in [0.717, 1.165) is 5.56 Å². The summed E-state index contributed by atoms with van der Waals surface area (Å²) in [6.07, 6.45) is -0.445. The average Bonchev–Trinajstić information content (AvgIpc) is 2.83. The van der Waals surface area contributed by atoms with Crippen molar-refractivity contribution in [3.8, 4) is 17.2 Å². The molecule has 0 unspecified atom stereocenters. The lowest BCUT2D eigenvalue weighted by Crippen LogP contribution is -2.19. The molecular weight excluding hydrogens is 238 g/mol. The van der Waals surface area contributed by atoms with Gasteiger partial charge in [0.1, 0.15) is 23.9 Å². The fourth-order valence-electron chi connectivity index (χ4n) is 1.92. The third-order valence-corrected chi connectivity index (χ3v) is 2.77. The van der Waals surface area contributed by atoms with Crippen LogP contribution in [0.25, 0.3) is 0 Å². The molecule has 6 heteroatoms.